The third-order valence-corrected chi connectivity index (χ3v) is 4.81. The zero-order chi connectivity index (χ0) is 16.2. The molecule has 1 aromatic carbocycles. The Balaban J connectivity index is 1.56. The third kappa shape index (κ3) is 3.75. The van der Waals surface area contributed by atoms with Gasteiger partial charge in [-0.3, -0.25) is 19.8 Å². The van der Waals surface area contributed by atoms with Crippen LogP contribution >= 0.6 is 11.3 Å². The first-order valence-corrected chi connectivity index (χ1v) is 8.30. The molecule has 120 valence electrons. The average Bonchev–Trinajstić information content (AvgIpc) is 3.08. The number of nitro groups is 1. The lowest BCUT2D eigenvalue weighted by atomic mass is 10.1. The monoisotopic (exact) mass is 331 g/mol. The zero-order valence-electron chi connectivity index (χ0n) is 12.6. The van der Waals surface area contributed by atoms with Gasteiger partial charge in [0.25, 0.3) is 11.6 Å². The van der Waals surface area contributed by atoms with E-state index in [9.17, 15) is 14.9 Å². The maximum absolute atomic E-state index is 12.4. The van der Waals surface area contributed by atoms with Crippen LogP contribution in [0.5, 0.6) is 0 Å². The number of thiophene rings is 1. The molecule has 1 aromatic heterocycles. The summed E-state index contributed by atoms with van der Waals surface area (Å²) in [6.07, 6.45) is 0. The van der Waals surface area contributed by atoms with Gasteiger partial charge in [0.1, 0.15) is 0 Å². The Kier molecular flexibility index (Phi) is 4.68. The molecular formula is C16H17N3O3S. The van der Waals surface area contributed by atoms with E-state index in [0.29, 0.717) is 18.7 Å². The number of hydrogen-bond donors (Lipinski definition) is 0. The van der Waals surface area contributed by atoms with Crippen LogP contribution in [0.25, 0.3) is 0 Å². The molecule has 1 aliphatic heterocycles. The number of nitro benzene ring substituents is 1. The molecule has 2 heterocycles. The summed E-state index contributed by atoms with van der Waals surface area (Å²) in [5.41, 5.74) is 0.504. The smallest absolute Gasteiger partial charge is 0.269 e. The predicted octanol–water partition coefficient (Wildman–Crippen LogP) is 2.61. The summed E-state index contributed by atoms with van der Waals surface area (Å²) in [6.45, 7) is 3.98. The molecule has 0 bridgehead atoms. The number of carbonyl (C=O) groups excluding carboxylic acids is 1. The number of nitrogens with zero attached hydrogens (tertiary/aromatic N) is 3. The predicted molar refractivity (Wildman–Crippen MR) is 88.6 cm³/mol. The molecule has 0 unspecified atom stereocenters. The number of non-ortho nitro benzene ring substituents is 1. The van der Waals surface area contributed by atoms with Crippen LogP contribution in [0.15, 0.2) is 41.8 Å². The molecule has 3 rings (SSSR count). The summed E-state index contributed by atoms with van der Waals surface area (Å²) in [6, 6.07) is 9.98. The first kappa shape index (κ1) is 15.6. The summed E-state index contributed by atoms with van der Waals surface area (Å²) < 4.78 is 0. The van der Waals surface area contributed by atoms with Crippen LogP contribution in [0.2, 0.25) is 0 Å². The molecule has 6 nitrogen and oxygen atoms in total. The molecule has 0 aliphatic carbocycles. The van der Waals surface area contributed by atoms with Crippen LogP contribution in [0.4, 0.5) is 5.69 Å². The second-order valence-electron chi connectivity index (χ2n) is 5.45. The summed E-state index contributed by atoms with van der Waals surface area (Å²) in [4.78, 5) is 28.1. The van der Waals surface area contributed by atoms with Gasteiger partial charge in [0.2, 0.25) is 0 Å². The molecule has 0 saturated carbocycles. The van der Waals surface area contributed by atoms with Crippen molar-refractivity contribution in [1.29, 1.82) is 0 Å². The minimum Gasteiger partial charge on any atom is -0.336 e. The van der Waals surface area contributed by atoms with Gasteiger partial charge in [-0.1, -0.05) is 6.07 Å². The van der Waals surface area contributed by atoms with Crippen LogP contribution in [0.3, 0.4) is 0 Å². The van der Waals surface area contributed by atoms with E-state index in [2.05, 4.69) is 16.3 Å². The van der Waals surface area contributed by atoms with Gasteiger partial charge in [0.15, 0.2) is 0 Å². The molecule has 1 saturated heterocycles. The van der Waals surface area contributed by atoms with Crippen molar-refractivity contribution in [3.8, 4) is 0 Å². The van der Waals surface area contributed by atoms with E-state index in [-0.39, 0.29) is 11.6 Å². The minimum absolute atomic E-state index is 0.00215. The molecular weight excluding hydrogens is 314 g/mol. The van der Waals surface area contributed by atoms with Crippen molar-refractivity contribution < 1.29 is 9.72 Å². The lowest BCUT2D eigenvalue weighted by Gasteiger charge is -2.34. The van der Waals surface area contributed by atoms with Crippen LogP contribution in [0.1, 0.15) is 15.2 Å². The van der Waals surface area contributed by atoms with E-state index in [1.807, 2.05) is 11.0 Å². The standard InChI is InChI=1S/C16H17N3O3S/c20-16(13-3-5-14(6-4-13)19(21)22)18-9-7-17(8-10-18)12-15-2-1-11-23-15/h1-6,11H,7-10,12H2. The van der Waals surface area contributed by atoms with Crippen molar-refractivity contribution in [3.63, 3.8) is 0 Å². The fourth-order valence-electron chi connectivity index (χ4n) is 2.64. The topological polar surface area (TPSA) is 66.7 Å². The number of carbonyl (C=O) groups is 1. The quantitative estimate of drug-likeness (QED) is 0.638. The Bertz CT molecular complexity index is 677. The first-order chi connectivity index (χ1) is 11.1. The van der Waals surface area contributed by atoms with E-state index >= 15 is 0 Å². The number of benzene rings is 1. The Morgan fingerprint density at radius 3 is 2.39 bits per heavy atom. The first-order valence-electron chi connectivity index (χ1n) is 7.42. The number of rotatable bonds is 4. The van der Waals surface area contributed by atoms with Crippen LogP contribution < -0.4 is 0 Å². The molecule has 23 heavy (non-hydrogen) atoms. The van der Waals surface area contributed by atoms with Gasteiger partial charge < -0.3 is 4.90 Å². The highest BCUT2D eigenvalue weighted by Crippen LogP contribution is 2.16. The molecule has 2 aromatic rings. The molecule has 7 heteroatoms. The lowest BCUT2D eigenvalue weighted by molar-refractivity contribution is -0.384. The van der Waals surface area contributed by atoms with Crippen LogP contribution in [-0.4, -0.2) is 46.8 Å². The number of piperazine rings is 1. The van der Waals surface area contributed by atoms with Crippen molar-refractivity contribution in [2.75, 3.05) is 26.2 Å². The Morgan fingerprint density at radius 2 is 1.83 bits per heavy atom. The summed E-state index contributed by atoms with van der Waals surface area (Å²) >= 11 is 1.75. The van der Waals surface area contributed by atoms with Gasteiger partial charge in [0, 0.05) is 55.3 Å². The van der Waals surface area contributed by atoms with E-state index in [1.165, 1.54) is 29.1 Å². The van der Waals surface area contributed by atoms with E-state index < -0.39 is 4.92 Å². The summed E-state index contributed by atoms with van der Waals surface area (Å²) in [7, 11) is 0. The average molecular weight is 331 g/mol. The van der Waals surface area contributed by atoms with Gasteiger partial charge in [0.05, 0.1) is 4.92 Å². The van der Waals surface area contributed by atoms with E-state index in [4.69, 9.17) is 0 Å². The van der Waals surface area contributed by atoms with E-state index in [0.717, 1.165) is 19.6 Å². The molecule has 0 N–H and O–H groups in total. The fraction of sp³-hybridized carbons (Fsp3) is 0.312. The highest BCUT2D eigenvalue weighted by molar-refractivity contribution is 7.09. The Morgan fingerprint density at radius 1 is 1.13 bits per heavy atom. The van der Waals surface area contributed by atoms with Gasteiger partial charge in [-0.2, -0.15) is 0 Å². The normalized spacial score (nSPS) is 15.6. The highest BCUT2D eigenvalue weighted by Gasteiger charge is 2.22. The van der Waals surface area contributed by atoms with Crippen molar-refractivity contribution in [1.82, 2.24) is 9.80 Å². The molecule has 0 radical (unpaired) electrons. The maximum atomic E-state index is 12.4. The molecule has 1 aliphatic rings. The van der Waals surface area contributed by atoms with Crippen LogP contribution in [-0.2, 0) is 6.54 Å². The molecule has 0 atom stereocenters. The summed E-state index contributed by atoms with van der Waals surface area (Å²) in [5, 5.41) is 12.7. The van der Waals surface area contributed by atoms with Gasteiger partial charge in [-0.05, 0) is 23.6 Å². The largest absolute Gasteiger partial charge is 0.336 e. The number of hydrogen-bond acceptors (Lipinski definition) is 5. The van der Waals surface area contributed by atoms with Crippen molar-refractivity contribution in [2.45, 2.75) is 6.54 Å². The molecule has 0 spiro atoms. The second kappa shape index (κ2) is 6.89. The van der Waals surface area contributed by atoms with Crippen LogP contribution in [0, 0.1) is 10.1 Å². The highest BCUT2D eigenvalue weighted by atomic mass is 32.1. The van der Waals surface area contributed by atoms with Gasteiger partial charge in [-0.25, -0.2) is 0 Å². The SMILES string of the molecule is O=C(c1ccc([N+](=O)[O-])cc1)N1CCN(Cc2cccs2)CC1. The molecule has 1 amide bonds. The number of amides is 1. The van der Waals surface area contributed by atoms with Crippen molar-refractivity contribution >= 4 is 22.9 Å². The maximum Gasteiger partial charge on any atom is 0.269 e. The summed E-state index contributed by atoms with van der Waals surface area (Å²) in [5.74, 6) is -0.0596. The van der Waals surface area contributed by atoms with Crippen molar-refractivity contribution in [3.05, 3.63) is 62.3 Å². The van der Waals surface area contributed by atoms with E-state index in [1.54, 1.807) is 11.3 Å². The van der Waals surface area contributed by atoms with Gasteiger partial charge in [-0.15, -0.1) is 11.3 Å². The van der Waals surface area contributed by atoms with Gasteiger partial charge >= 0.3 is 0 Å². The Hall–Kier alpha value is -2.25. The third-order valence-electron chi connectivity index (χ3n) is 3.94. The minimum atomic E-state index is -0.461. The Labute approximate surface area is 138 Å². The fourth-order valence-corrected chi connectivity index (χ4v) is 3.39. The second-order valence-corrected chi connectivity index (χ2v) is 6.48. The zero-order valence-corrected chi connectivity index (χ0v) is 13.4. The lowest BCUT2D eigenvalue weighted by Crippen LogP contribution is -2.48. The van der Waals surface area contributed by atoms with Crippen molar-refractivity contribution in [2.24, 2.45) is 0 Å². The molecule has 1 fully saturated rings.